The van der Waals surface area contributed by atoms with Gasteiger partial charge in [-0.15, -0.1) is 0 Å². The number of hydrogen-bond donors (Lipinski definition) is 1. The molecule has 1 N–H and O–H groups in total. The van der Waals surface area contributed by atoms with E-state index in [1.807, 2.05) is 31.2 Å². The molecule has 0 radical (unpaired) electrons. The van der Waals surface area contributed by atoms with Crippen LogP contribution in [-0.4, -0.2) is 17.7 Å². The third-order valence-electron chi connectivity index (χ3n) is 8.46. The zero-order valence-corrected chi connectivity index (χ0v) is 20.3. The molecule has 1 heterocycles. The summed E-state index contributed by atoms with van der Waals surface area (Å²) in [5.74, 6) is 1.82. The maximum atomic E-state index is 13.4. The molecule has 5 aliphatic rings. The molecule has 0 spiro atoms. The van der Waals surface area contributed by atoms with Crippen LogP contribution < -0.4 is 15.0 Å². The minimum atomic E-state index is -0.311. The summed E-state index contributed by atoms with van der Waals surface area (Å²) in [6.07, 6.45) is 5.45. The van der Waals surface area contributed by atoms with Crippen LogP contribution in [0, 0.1) is 42.4 Å². The number of anilines is 2. The maximum Gasteiger partial charge on any atom is 0.255 e. The van der Waals surface area contributed by atoms with E-state index in [1.165, 1.54) is 4.90 Å². The molecule has 6 nitrogen and oxygen atoms in total. The smallest absolute Gasteiger partial charge is 0.255 e. The van der Waals surface area contributed by atoms with Gasteiger partial charge in [-0.25, -0.2) is 4.90 Å². The van der Waals surface area contributed by atoms with Gasteiger partial charge < -0.3 is 10.1 Å². The Labute approximate surface area is 214 Å². The van der Waals surface area contributed by atoms with Crippen molar-refractivity contribution in [1.29, 1.82) is 0 Å². The Balaban J connectivity index is 1.07. The first-order valence-electron chi connectivity index (χ1n) is 12.8. The fourth-order valence-electron chi connectivity index (χ4n) is 6.61. The van der Waals surface area contributed by atoms with Gasteiger partial charge in [0.1, 0.15) is 11.5 Å². The van der Waals surface area contributed by atoms with E-state index in [9.17, 15) is 14.4 Å². The van der Waals surface area contributed by atoms with Gasteiger partial charge in [0.15, 0.2) is 0 Å². The molecule has 0 unspecified atom stereocenters. The number of allylic oxidation sites excluding steroid dienone is 2. The van der Waals surface area contributed by atoms with E-state index >= 15 is 0 Å². The van der Waals surface area contributed by atoms with Gasteiger partial charge in [0.2, 0.25) is 11.8 Å². The third kappa shape index (κ3) is 3.50. The summed E-state index contributed by atoms with van der Waals surface area (Å²) in [5.41, 5.74) is 2.51. The average Bonchev–Trinajstić information content (AvgIpc) is 3.69. The van der Waals surface area contributed by atoms with Crippen LogP contribution in [-0.2, 0) is 9.59 Å². The molecule has 0 aromatic heterocycles. The summed E-state index contributed by atoms with van der Waals surface area (Å²) in [6.45, 7) is 1.98. The first-order chi connectivity index (χ1) is 18.0. The number of benzene rings is 3. The fraction of sp³-hybridized carbons (Fsp3) is 0.258. The first kappa shape index (κ1) is 22.0. The predicted octanol–water partition coefficient (Wildman–Crippen LogP) is 5.60. The zero-order chi connectivity index (χ0) is 25.3. The lowest BCUT2D eigenvalue weighted by atomic mass is 9.63. The lowest BCUT2D eigenvalue weighted by molar-refractivity contribution is -0.124. The SMILES string of the molecule is Cc1ccccc1Oc1ccc(NC(=O)c2cccc(N3C(=O)[C@@H]4[C@H]5C=C[C@@H]([C@@H]6C[C@@H]56)[C@H]4C3=O)c2)cc1. The highest BCUT2D eigenvalue weighted by atomic mass is 16.5. The van der Waals surface area contributed by atoms with Crippen molar-refractivity contribution in [3.05, 3.63) is 96.1 Å². The van der Waals surface area contributed by atoms with Crippen LogP contribution in [0.5, 0.6) is 11.5 Å². The minimum absolute atomic E-state index is 0.124. The van der Waals surface area contributed by atoms with E-state index in [0.29, 0.717) is 34.5 Å². The molecule has 4 aliphatic carbocycles. The number of hydrogen-bond acceptors (Lipinski definition) is 4. The Morgan fingerprint density at radius 2 is 1.54 bits per heavy atom. The molecular weight excluding hydrogens is 464 g/mol. The number of nitrogens with one attached hydrogen (secondary N) is 1. The van der Waals surface area contributed by atoms with Gasteiger partial charge in [0.05, 0.1) is 17.5 Å². The molecular formula is C31H26N2O4. The number of imide groups is 1. The molecule has 184 valence electrons. The first-order valence-corrected chi connectivity index (χ1v) is 12.8. The maximum absolute atomic E-state index is 13.4. The van der Waals surface area contributed by atoms with Crippen molar-refractivity contribution in [1.82, 2.24) is 0 Å². The van der Waals surface area contributed by atoms with E-state index in [-0.39, 0.29) is 41.4 Å². The number of para-hydroxylation sites is 1. The van der Waals surface area contributed by atoms with E-state index in [1.54, 1.807) is 48.5 Å². The van der Waals surface area contributed by atoms with Gasteiger partial charge in [-0.2, -0.15) is 0 Å². The minimum Gasteiger partial charge on any atom is -0.457 e. The van der Waals surface area contributed by atoms with Crippen LogP contribution in [0.3, 0.4) is 0 Å². The standard InChI is InChI=1S/C31H26N2O4/c1-17-5-2-3-8-26(17)37-21-11-9-19(10-12-21)32-29(34)18-6-4-7-20(15-18)33-30(35)27-22-13-14-23(25-16-24(22)25)28(27)31(33)36/h2-15,22-25,27-28H,16H2,1H3,(H,32,34)/t22-,23-,24-,25-,27+,28+/m0/s1. The Morgan fingerprint density at radius 1 is 0.865 bits per heavy atom. The Kier molecular flexibility index (Phi) is 4.86. The van der Waals surface area contributed by atoms with Crippen molar-refractivity contribution in [2.75, 3.05) is 10.2 Å². The second-order valence-electron chi connectivity index (χ2n) is 10.6. The van der Waals surface area contributed by atoms with E-state index < -0.39 is 0 Å². The second kappa shape index (κ2) is 8.17. The highest BCUT2D eigenvalue weighted by molar-refractivity contribution is 6.23. The van der Waals surface area contributed by atoms with Crippen molar-refractivity contribution < 1.29 is 19.1 Å². The highest BCUT2D eigenvalue weighted by Crippen LogP contribution is 2.65. The summed E-state index contributed by atoms with van der Waals surface area (Å²) in [4.78, 5) is 41.2. The van der Waals surface area contributed by atoms with Crippen LogP contribution >= 0.6 is 0 Å². The topological polar surface area (TPSA) is 75.7 Å². The summed E-state index contributed by atoms with van der Waals surface area (Å²) in [5, 5.41) is 2.89. The van der Waals surface area contributed by atoms with Crippen molar-refractivity contribution in [3.8, 4) is 11.5 Å². The number of aryl methyl sites for hydroxylation is 1. The largest absolute Gasteiger partial charge is 0.457 e. The summed E-state index contributed by atoms with van der Waals surface area (Å²) < 4.78 is 5.93. The van der Waals surface area contributed by atoms with Crippen LogP contribution in [0.15, 0.2) is 84.9 Å². The Bertz CT molecular complexity index is 1440. The quantitative estimate of drug-likeness (QED) is 0.373. The predicted molar refractivity (Wildman–Crippen MR) is 139 cm³/mol. The molecule has 3 aromatic carbocycles. The zero-order valence-electron chi connectivity index (χ0n) is 20.3. The van der Waals surface area contributed by atoms with Gasteiger partial charge >= 0.3 is 0 Å². The monoisotopic (exact) mass is 490 g/mol. The second-order valence-corrected chi connectivity index (χ2v) is 10.6. The Hall–Kier alpha value is -4.19. The summed E-state index contributed by atoms with van der Waals surface area (Å²) in [6, 6.07) is 21.7. The van der Waals surface area contributed by atoms with Crippen LogP contribution in [0.2, 0.25) is 0 Å². The normalized spacial score (nSPS) is 28.6. The van der Waals surface area contributed by atoms with Gasteiger partial charge in [-0.3, -0.25) is 14.4 Å². The number of amides is 3. The van der Waals surface area contributed by atoms with E-state index in [4.69, 9.17) is 4.74 Å². The average molecular weight is 491 g/mol. The van der Waals surface area contributed by atoms with Gasteiger partial charge in [0.25, 0.3) is 5.91 Å². The number of nitrogens with zero attached hydrogens (tertiary/aromatic N) is 1. The molecule has 8 rings (SSSR count). The number of ether oxygens (including phenoxy) is 1. The van der Waals surface area contributed by atoms with Gasteiger partial charge in [0, 0.05) is 11.3 Å². The van der Waals surface area contributed by atoms with Gasteiger partial charge in [-0.1, -0.05) is 36.4 Å². The van der Waals surface area contributed by atoms with Crippen molar-refractivity contribution >= 4 is 29.1 Å². The van der Waals surface area contributed by atoms with Crippen molar-refractivity contribution in [2.45, 2.75) is 13.3 Å². The van der Waals surface area contributed by atoms with E-state index in [0.717, 1.165) is 17.7 Å². The molecule has 3 aromatic rings. The molecule has 2 bridgehead atoms. The molecule has 6 atom stereocenters. The lowest BCUT2D eigenvalue weighted by Crippen LogP contribution is -2.40. The number of rotatable bonds is 5. The molecule has 37 heavy (non-hydrogen) atoms. The lowest BCUT2D eigenvalue weighted by Gasteiger charge is -2.37. The molecule has 1 saturated heterocycles. The fourth-order valence-corrected chi connectivity index (χ4v) is 6.61. The van der Waals surface area contributed by atoms with Crippen LogP contribution in [0.4, 0.5) is 11.4 Å². The molecule has 1 aliphatic heterocycles. The van der Waals surface area contributed by atoms with E-state index in [2.05, 4.69) is 17.5 Å². The van der Waals surface area contributed by atoms with Crippen LogP contribution in [0.1, 0.15) is 22.3 Å². The highest BCUT2D eigenvalue weighted by Gasteiger charge is 2.67. The molecule has 3 amide bonds. The molecule has 6 heteroatoms. The third-order valence-corrected chi connectivity index (χ3v) is 8.46. The van der Waals surface area contributed by atoms with Gasteiger partial charge in [-0.05, 0) is 91.1 Å². The molecule has 2 saturated carbocycles. The summed E-state index contributed by atoms with van der Waals surface area (Å²) >= 11 is 0. The number of carbonyl (C=O) groups is 3. The molecule has 3 fully saturated rings. The van der Waals surface area contributed by atoms with Crippen LogP contribution in [0.25, 0.3) is 0 Å². The Morgan fingerprint density at radius 3 is 2.22 bits per heavy atom. The van der Waals surface area contributed by atoms with Crippen molar-refractivity contribution in [3.63, 3.8) is 0 Å². The number of carbonyl (C=O) groups excluding carboxylic acids is 3. The summed E-state index contributed by atoms with van der Waals surface area (Å²) in [7, 11) is 0. The van der Waals surface area contributed by atoms with Crippen molar-refractivity contribution in [2.24, 2.45) is 35.5 Å².